The average molecular weight is 451 g/mol. The van der Waals surface area contributed by atoms with E-state index < -0.39 is 0 Å². The van der Waals surface area contributed by atoms with Gasteiger partial charge in [-0.05, 0) is 68.4 Å². The van der Waals surface area contributed by atoms with Gasteiger partial charge in [-0.1, -0.05) is 54.1 Å². The van der Waals surface area contributed by atoms with E-state index >= 15 is 0 Å². The Hall–Kier alpha value is -2.36. The Morgan fingerprint density at radius 1 is 0.938 bits per heavy atom. The van der Waals surface area contributed by atoms with E-state index in [2.05, 4.69) is 53.9 Å². The zero-order valence-corrected chi connectivity index (χ0v) is 20.1. The minimum atomic E-state index is 0. The van der Waals surface area contributed by atoms with Crippen molar-refractivity contribution < 1.29 is 4.79 Å². The zero-order valence-electron chi connectivity index (χ0n) is 19.3. The summed E-state index contributed by atoms with van der Waals surface area (Å²) < 4.78 is 0. The first kappa shape index (κ1) is 24.3. The van der Waals surface area contributed by atoms with E-state index in [9.17, 15) is 4.79 Å². The molecule has 2 aromatic carbocycles. The van der Waals surface area contributed by atoms with Crippen LogP contribution < -0.4 is 0 Å². The Bertz CT molecular complexity index is 931. The van der Waals surface area contributed by atoms with Crippen molar-refractivity contribution in [3.63, 3.8) is 0 Å². The molecule has 2 unspecified atom stereocenters. The molecule has 4 rings (SSSR count). The fourth-order valence-corrected chi connectivity index (χ4v) is 5.41. The quantitative estimate of drug-likeness (QED) is 0.468. The Kier molecular flexibility index (Phi) is 8.33. The third-order valence-corrected chi connectivity index (χ3v) is 6.96. The zero-order chi connectivity index (χ0) is 21.8. The van der Waals surface area contributed by atoms with Crippen molar-refractivity contribution >= 4 is 23.9 Å². The Morgan fingerprint density at radius 2 is 1.47 bits per heavy atom. The molecule has 3 nitrogen and oxygen atoms in total. The molecule has 2 atom stereocenters. The van der Waals surface area contributed by atoms with Gasteiger partial charge in [0.15, 0.2) is 0 Å². The molecule has 1 amide bonds. The lowest BCUT2D eigenvalue weighted by Crippen LogP contribution is -2.40. The van der Waals surface area contributed by atoms with E-state index in [1.165, 1.54) is 29.5 Å². The number of fused-ring (bicyclic) bond motifs is 2. The highest BCUT2D eigenvalue weighted by Gasteiger charge is 2.38. The van der Waals surface area contributed by atoms with Crippen LogP contribution in [0.2, 0.25) is 0 Å². The van der Waals surface area contributed by atoms with Crippen LogP contribution in [0.25, 0.3) is 5.57 Å². The standard InChI is InChI=1S/C28H34N2O.ClH/c1-4-18-30-25-16-17-26(30)20-24(19-25)27(21-10-8-7-9-11-21)22-12-14-23(15-13-22)28(31)29(5-2)6-3;/h4,7-15,25-26H,1,5-6,16-20H2,2-3H3;1H. The van der Waals surface area contributed by atoms with Gasteiger partial charge in [-0.15, -0.1) is 19.0 Å². The van der Waals surface area contributed by atoms with Gasteiger partial charge >= 0.3 is 0 Å². The van der Waals surface area contributed by atoms with Crippen LogP contribution in [0.3, 0.4) is 0 Å². The number of carbonyl (C=O) groups is 1. The van der Waals surface area contributed by atoms with Crippen molar-refractivity contribution in [2.45, 2.75) is 51.6 Å². The van der Waals surface area contributed by atoms with Gasteiger partial charge in [-0.3, -0.25) is 9.69 Å². The van der Waals surface area contributed by atoms with Gasteiger partial charge in [0, 0.05) is 37.3 Å². The first-order valence-corrected chi connectivity index (χ1v) is 11.7. The average Bonchev–Trinajstić information content (AvgIpc) is 3.03. The highest BCUT2D eigenvalue weighted by molar-refractivity contribution is 5.95. The molecular formula is C28H35ClN2O. The second kappa shape index (κ2) is 11.0. The predicted octanol–water partition coefficient (Wildman–Crippen LogP) is 6.21. The second-order valence-electron chi connectivity index (χ2n) is 8.68. The summed E-state index contributed by atoms with van der Waals surface area (Å²) in [5.41, 5.74) is 6.18. The maximum absolute atomic E-state index is 12.8. The Morgan fingerprint density at radius 3 is 2.00 bits per heavy atom. The number of hydrogen-bond acceptors (Lipinski definition) is 2. The molecule has 2 bridgehead atoms. The maximum Gasteiger partial charge on any atom is 0.253 e. The maximum atomic E-state index is 12.8. The molecular weight excluding hydrogens is 416 g/mol. The van der Waals surface area contributed by atoms with Crippen molar-refractivity contribution in [3.05, 3.63) is 89.5 Å². The van der Waals surface area contributed by atoms with E-state index in [1.54, 1.807) is 5.57 Å². The predicted molar refractivity (Wildman–Crippen MR) is 136 cm³/mol. The van der Waals surface area contributed by atoms with Crippen molar-refractivity contribution in [1.29, 1.82) is 0 Å². The normalized spacial score (nSPS) is 19.9. The van der Waals surface area contributed by atoms with Gasteiger partial charge in [-0.2, -0.15) is 0 Å². The van der Waals surface area contributed by atoms with Crippen molar-refractivity contribution in [3.8, 4) is 0 Å². The van der Waals surface area contributed by atoms with Crippen molar-refractivity contribution in [2.24, 2.45) is 0 Å². The molecule has 2 aliphatic heterocycles. The van der Waals surface area contributed by atoms with E-state index in [0.29, 0.717) is 12.1 Å². The number of amides is 1. The molecule has 2 fully saturated rings. The van der Waals surface area contributed by atoms with Crippen molar-refractivity contribution in [2.75, 3.05) is 19.6 Å². The van der Waals surface area contributed by atoms with E-state index in [1.807, 2.05) is 37.0 Å². The van der Waals surface area contributed by atoms with Crippen LogP contribution in [0.1, 0.15) is 61.0 Å². The molecule has 0 saturated carbocycles. The van der Waals surface area contributed by atoms with E-state index in [4.69, 9.17) is 0 Å². The molecule has 0 spiro atoms. The molecule has 4 heteroatoms. The van der Waals surface area contributed by atoms with Crippen LogP contribution in [0.4, 0.5) is 0 Å². The molecule has 0 N–H and O–H groups in total. The summed E-state index contributed by atoms with van der Waals surface area (Å²) in [5, 5.41) is 0. The number of piperidine rings is 1. The highest BCUT2D eigenvalue weighted by Crippen LogP contribution is 2.42. The molecule has 170 valence electrons. The molecule has 0 aromatic heterocycles. The van der Waals surface area contributed by atoms with Crippen LogP contribution in [0, 0.1) is 0 Å². The number of nitrogens with zero attached hydrogens (tertiary/aromatic N) is 2. The fraction of sp³-hybridized carbons (Fsp3) is 0.393. The number of halogens is 1. The molecule has 0 aliphatic carbocycles. The summed E-state index contributed by atoms with van der Waals surface area (Å²) in [6.07, 6.45) is 6.84. The Balaban J connectivity index is 0.00000289. The summed E-state index contributed by atoms with van der Waals surface area (Å²) in [7, 11) is 0. The molecule has 32 heavy (non-hydrogen) atoms. The minimum absolute atomic E-state index is 0. The summed E-state index contributed by atoms with van der Waals surface area (Å²) in [5.74, 6) is 0.112. The minimum Gasteiger partial charge on any atom is -0.339 e. The summed E-state index contributed by atoms with van der Waals surface area (Å²) in [6, 6.07) is 20.3. The van der Waals surface area contributed by atoms with Crippen LogP contribution in [-0.2, 0) is 0 Å². The lowest BCUT2D eigenvalue weighted by molar-refractivity contribution is 0.0773. The van der Waals surface area contributed by atoms with Crippen LogP contribution in [-0.4, -0.2) is 47.4 Å². The third-order valence-electron chi connectivity index (χ3n) is 6.96. The van der Waals surface area contributed by atoms with Gasteiger partial charge in [0.1, 0.15) is 0 Å². The SMILES string of the molecule is C=CCN1C2CCC1CC(=C(c1ccccc1)c1ccc(C(=O)N(CC)CC)cc1)C2.Cl. The molecule has 2 saturated heterocycles. The molecule has 2 aliphatic rings. The number of carbonyl (C=O) groups excluding carboxylic acids is 1. The van der Waals surface area contributed by atoms with Crippen LogP contribution in [0.5, 0.6) is 0 Å². The molecule has 2 heterocycles. The summed E-state index contributed by atoms with van der Waals surface area (Å²) in [6.45, 7) is 10.5. The first-order valence-electron chi connectivity index (χ1n) is 11.7. The van der Waals surface area contributed by atoms with Crippen LogP contribution >= 0.6 is 12.4 Å². The fourth-order valence-electron chi connectivity index (χ4n) is 5.41. The van der Waals surface area contributed by atoms with Gasteiger partial charge < -0.3 is 4.90 Å². The number of hydrogen-bond donors (Lipinski definition) is 0. The second-order valence-corrected chi connectivity index (χ2v) is 8.68. The smallest absolute Gasteiger partial charge is 0.253 e. The van der Waals surface area contributed by atoms with E-state index in [0.717, 1.165) is 38.0 Å². The van der Waals surface area contributed by atoms with E-state index in [-0.39, 0.29) is 18.3 Å². The lowest BCUT2D eigenvalue weighted by Gasteiger charge is -2.36. The summed E-state index contributed by atoms with van der Waals surface area (Å²) in [4.78, 5) is 17.3. The number of rotatable bonds is 7. The van der Waals surface area contributed by atoms with Gasteiger partial charge in [0.05, 0.1) is 0 Å². The Labute approximate surface area is 199 Å². The topological polar surface area (TPSA) is 23.6 Å². The first-order chi connectivity index (χ1) is 15.2. The van der Waals surface area contributed by atoms with Gasteiger partial charge in [-0.25, -0.2) is 0 Å². The third kappa shape index (κ3) is 4.84. The largest absolute Gasteiger partial charge is 0.339 e. The molecule has 0 radical (unpaired) electrons. The highest BCUT2D eigenvalue weighted by atomic mass is 35.5. The van der Waals surface area contributed by atoms with Crippen LogP contribution in [0.15, 0.2) is 72.8 Å². The lowest BCUT2D eigenvalue weighted by atomic mass is 9.85. The van der Waals surface area contributed by atoms with Gasteiger partial charge in [0.25, 0.3) is 5.91 Å². The monoisotopic (exact) mass is 450 g/mol. The number of benzene rings is 2. The van der Waals surface area contributed by atoms with Crippen molar-refractivity contribution in [1.82, 2.24) is 9.80 Å². The molecule has 2 aromatic rings. The van der Waals surface area contributed by atoms with Gasteiger partial charge in [0.2, 0.25) is 0 Å². The summed E-state index contributed by atoms with van der Waals surface area (Å²) >= 11 is 0.